The van der Waals surface area contributed by atoms with Crippen LogP contribution in [0.15, 0.2) is 73.2 Å². The fourth-order valence-corrected chi connectivity index (χ4v) is 3.31. The van der Waals surface area contributed by atoms with Gasteiger partial charge in [0.2, 0.25) is 5.88 Å². The minimum Gasteiger partial charge on any atom is -0.472 e. The normalized spacial score (nSPS) is 11.3. The predicted molar refractivity (Wildman–Crippen MR) is 127 cm³/mol. The van der Waals surface area contributed by atoms with Gasteiger partial charge in [-0.3, -0.25) is 14.5 Å². The van der Waals surface area contributed by atoms with Crippen molar-refractivity contribution >= 4 is 11.6 Å². The maximum absolute atomic E-state index is 14.3. The molecule has 7 nitrogen and oxygen atoms in total. The predicted octanol–water partition coefficient (Wildman–Crippen LogP) is 4.99. The average Bonchev–Trinajstić information content (AvgIpc) is 3.25. The van der Waals surface area contributed by atoms with Crippen molar-refractivity contribution in [3.8, 4) is 5.88 Å². The number of halogens is 1. The number of nitrogens with zero attached hydrogens (tertiary/aromatic N) is 4. The third kappa shape index (κ3) is 5.64. The Labute approximate surface area is 197 Å². The molecule has 8 heteroatoms. The largest absolute Gasteiger partial charge is 0.472 e. The summed E-state index contributed by atoms with van der Waals surface area (Å²) in [7, 11) is 0. The average molecular weight is 460 g/mol. The van der Waals surface area contributed by atoms with Gasteiger partial charge in [0.05, 0.1) is 18.4 Å². The highest BCUT2D eigenvalue weighted by atomic mass is 19.1. The van der Waals surface area contributed by atoms with Crippen molar-refractivity contribution < 1.29 is 13.9 Å². The van der Waals surface area contributed by atoms with Crippen molar-refractivity contribution in [2.45, 2.75) is 39.3 Å². The molecular formula is C26H26FN5O2. The number of benzene rings is 2. The maximum Gasteiger partial charge on any atom is 0.273 e. The van der Waals surface area contributed by atoms with Crippen LogP contribution in [0.2, 0.25) is 0 Å². The summed E-state index contributed by atoms with van der Waals surface area (Å²) < 4.78 is 21.5. The van der Waals surface area contributed by atoms with Crippen LogP contribution in [0.5, 0.6) is 5.88 Å². The van der Waals surface area contributed by atoms with E-state index in [-0.39, 0.29) is 29.4 Å². The van der Waals surface area contributed by atoms with Gasteiger partial charge in [-0.2, -0.15) is 5.10 Å². The van der Waals surface area contributed by atoms with E-state index in [0.717, 1.165) is 11.3 Å². The second-order valence-electron chi connectivity index (χ2n) is 8.90. The van der Waals surface area contributed by atoms with Gasteiger partial charge >= 0.3 is 0 Å². The summed E-state index contributed by atoms with van der Waals surface area (Å²) >= 11 is 0. The lowest BCUT2D eigenvalue weighted by Crippen LogP contribution is -2.18. The smallest absolute Gasteiger partial charge is 0.273 e. The van der Waals surface area contributed by atoms with E-state index in [1.54, 1.807) is 16.8 Å². The van der Waals surface area contributed by atoms with Crippen molar-refractivity contribution in [3.63, 3.8) is 0 Å². The third-order valence-corrected chi connectivity index (χ3v) is 5.17. The summed E-state index contributed by atoms with van der Waals surface area (Å²) in [5, 5.41) is 7.56. The Hall–Kier alpha value is -4.07. The van der Waals surface area contributed by atoms with Crippen molar-refractivity contribution in [3.05, 3.63) is 102 Å². The highest BCUT2D eigenvalue weighted by Gasteiger charge is 2.23. The van der Waals surface area contributed by atoms with Crippen LogP contribution < -0.4 is 10.1 Å². The van der Waals surface area contributed by atoms with E-state index in [1.165, 1.54) is 30.7 Å². The Balaban J connectivity index is 1.55. The molecule has 0 bridgehead atoms. The molecule has 0 aliphatic heterocycles. The van der Waals surface area contributed by atoms with E-state index in [9.17, 15) is 9.18 Å². The summed E-state index contributed by atoms with van der Waals surface area (Å²) in [6, 6.07) is 16.0. The second kappa shape index (κ2) is 9.82. The first-order chi connectivity index (χ1) is 16.3. The van der Waals surface area contributed by atoms with Crippen LogP contribution in [0.3, 0.4) is 0 Å². The Bertz CT molecular complexity index is 1270. The molecule has 4 rings (SSSR count). The van der Waals surface area contributed by atoms with Crippen LogP contribution in [0, 0.1) is 5.82 Å². The number of ether oxygens (including phenoxy) is 1. The van der Waals surface area contributed by atoms with Gasteiger partial charge in [0.15, 0.2) is 0 Å². The third-order valence-electron chi connectivity index (χ3n) is 5.17. The van der Waals surface area contributed by atoms with Crippen LogP contribution >= 0.6 is 0 Å². The number of carbonyl (C=O) groups is 1. The quantitative estimate of drug-likeness (QED) is 0.421. The topological polar surface area (TPSA) is 81.9 Å². The minimum absolute atomic E-state index is 0.0473. The fourth-order valence-electron chi connectivity index (χ4n) is 3.31. The van der Waals surface area contributed by atoms with Crippen molar-refractivity contribution in [2.24, 2.45) is 0 Å². The van der Waals surface area contributed by atoms with Gasteiger partial charge in [-0.25, -0.2) is 9.37 Å². The van der Waals surface area contributed by atoms with Crippen LogP contribution in [0.4, 0.5) is 10.1 Å². The van der Waals surface area contributed by atoms with Gasteiger partial charge < -0.3 is 10.1 Å². The molecule has 174 valence electrons. The van der Waals surface area contributed by atoms with Gasteiger partial charge in [0, 0.05) is 29.1 Å². The van der Waals surface area contributed by atoms with E-state index < -0.39 is 5.82 Å². The van der Waals surface area contributed by atoms with E-state index in [0.29, 0.717) is 17.9 Å². The second-order valence-corrected chi connectivity index (χ2v) is 8.90. The lowest BCUT2D eigenvalue weighted by Gasteiger charge is -2.14. The molecule has 0 aliphatic rings. The highest BCUT2D eigenvalue weighted by molar-refractivity contribution is 6.03. The molecule has 0 spiro atoms. The molecule has 1 N–H and O–H groups in total. The van der Waals surface area contributed by atoms with Crippen LogP contribution in [-0.2, 0) is 18.6 Å². The first-order valence-electron chi connectivity index (χ1n) is 10.9. The molecule has 2 heterocycles. The zero-order valence-corrected chi connectivity index (χ0v) is 19.3. The Morgan fingerprint density at radius 3 is 2.59 bits per heavy atom. The molecule has 1 amide bonds. The number of aromatic nitrogens is 4. The van der Waals surface area contributed by atoms with E-state index in [4.69, 9.17) is 9.84 Å². The SMILES string of the molecule is CC(C)(C)c1cc(C(=O)Nc2ccc(F)c(COc3cnccn3)c2)n(Cc2ccccc2)n1. The molecule has 4 aromatic rings. The summed E-state index contributed by atoms with van der Waals surface area (Å²) in [4.78, 5) is 21.2. The van der Waals surface area contributed by atoms with Gasteiger partial charge in [0.25, 0.3) is 5.91 Å². The molecule has 0 saturated heterocycles. The molecule has 0 fully saturated rings. The molecule has 0 radical (unpaired) electrons. The van der Waals surface area contributed by atoms with Crippen LogP contribution in [-0.4, -0.2) is 25.7 Å². The van der Waals surface area contributed by atoms with E-state index >= 15 is 0 Å². The summed E-state index contributed by atoms with van der Waals surface area (Å²) in [6.07, 6.45) is 4.47. The Morgan fingerprint density at radius 1 is 1.09 bits per heavy atom. The number of amides is 1. The minimum atomic E-state index is -0.439. The zero-order valence-electron chi connectivity index (χ0n) is 19.3. The summed E-state index contributed by atoms with van der Waals surface area (Å²) in [6.45, 7) is 6.56. The first kappa shape index (κ1) is 23.1. The van der Waals surface area contributed by atoms with Gasteiger partial charge in [-0.05, 0) is 29.8 Å². The standard InChI is InChI=1S/C26H26FN5O2/c1-26(2,3)23-14-22(32(31-23)16-18-7-5-4-6-8-18)25(33)30-20-9-10-21(27)19(13-20)17-34-24-15-28-11-12-29-24/h4-15H,16-17H2,1-3H3,(H,30,33). The number of nitrogens with one attached hydrogen (secondary N) is 1. The molecule has 0 aliphatic carbocycles. The Kier molecular flexibility index (Phi) is 6.67. The van der Waals surface area contributed by atoms with Gasteiger partial charge in [-0.15, -0.1) is 0 Å². The zero-order chi connectivity index (χ0) is 24.1. The molecule has 34 heavy (non-hydrogen) atoms. The van der Waals surface area contributed by atoms with E-state index in [1.807, 2.05) is 51.1 Å². The lowest BCUT2D eigenvalue weighted by atomic mass is 9.92. The molecule has 0 unspecified atom stereocenters. The fraction of sp³-hybridized carbons (Fsp3) is 0.231. The number of anilines is 1. The molecule has 2 aromatic heterocycles. The number of carbonyl (C=O) groups excluding carboxylic acids is 1. The first-order valence-corrected chi connectivity index (χ1v) is 10.9. The maximum atomic E-state index is 14.3. The number of rotatable bonds is 7. The van der Waals surface area contributed by atoms with Crippen molar-refractivity contribution in [1.29, 1.82) is 0 Å². The van der Waals surface area contributed by atoms with E-state index in [2.05, 4.69) is 15.3 Å². The lowest BCUT2D eigenvalue weighted by molar-refractivity contribution is 0.101. The van der Waals surface area contributed by atoms with Crippen molar-refractivity contribution in [2.75, 3.05) is 5.32 Å². The van der Waals surface area contributed by atoms with Gasteiger partial charge in [0.1, 0.15) is 18.1 Å². The Morgan fingerprint density at radius 2 is 1.88 bits per heavy atom. The summed E-state index contributed by atoms with van der Waals surface area (Å²) in [5.41, 5.74) is 2.79. The molecule has 0 saturated carbocycles. The summed E-state index contributed by atoms with van der Waals surface area (Å²) in [5.74, 6) is -0.478. The van der Waals surface area contributed by atoms with Crippen molar-refractivity contribution in [1.82, 2.24) is 19.7 Å². The van der Waals surface area contributed by atoms with Crippen LogP contribution in [0.25, 0.3) is 0 Å². The number of hydrogen-bond acceptors (Lipinski definition) is 5. The highest BCUT2D eigenvalue weighted by Crippen LogP contribution is 2.24. The molecule has 0 atom stereocenters. The molecular weight excluding hydrogens is 433 g/mol. The van der Waals surface area contributed by atoms with Gasteiger partial charge in [-0.1, -0.05) is 51.1 Å². The number of hydrogen-bond donors (Lipinski definition) is 1. The van der Waals surface area contributed by atoms with Crippen LogP contribution in [0.1, 0.15) is 48.1 Å². The molecule has 2 aromatic carbocycles. The monoisotopic (exact) mass is 459 g/mol.